The van der Waals surface area contributed by atoms with Crippen LogP contribution in [-0.4, -0.2) is 44.1 Å². The molecule has 0 aliphatic rings. The quantitative estimate of drug-likeness (QED) is 0.750. The smallest absolute Gasteiger partial charge is 0.319 e. The van der Waals surface area contributed by atoms with Gasteiger partial charge in [-0.3, -0.25) is 14.5 Å². The Bertz CT molecular complexity index is 472. The van der Waals surface area contributed by atoms with Gasteiger partial charge in [0.25, 0.3) is 0 Å². The van der Waals surface area contributed by atoms with Gasteiger partial charge in [0, 0.05) is 11.6 Å². The molecule has 0 aliphatic heterocycles. The van der Waals surface area contributed by atoms with Crippen LogP contribution in [0.5, 0.6) is 0 Å². The third kappa shape index (κ3) is 5.19. The zero-order valence-corrected chi connectivity index (χ0v) is 12.6. The maximum Gasteiger partial charge on any atom is 0.319 e. The van der Waals surface area contributed by atoms with Crippen molar-refractivity contribution in [3.05, 3.63) is 34.3 Å². The van der Waals surface area contributed by atoms with E-state index in [1.807, 2.05) is 25.1 Å². The number of benzene rings is 1. The molecule has 1 aromatic carbocycles. The molecule has 1 rings (SSSR count). The monoisotopic (exact) mass is 299 g/mol. The molecule has 0 heterocycles. The van der Waals surface area contributed by atoms with E-state index in [0.29, 0.717) is 11.6 Å². The highest BCUT2D eigenvalue weighted by Gasteiger charge is 2.17. The maximum absolute atomic E-state index is 11.4. The molecule has 110 valence electrons. The van der Waals surface area contributed by atoms with Crippen LogP contribution in [-0.2, 0) is 25.6 Å². The molecular formula is C14H18ClNO4. The third-order valence-electron chi connectivity index (χ3n) is 2.76. The van der Waals surface area contributed by atoms with Crippen LogP contribution in [0.3, 0.4) is 0 Å². The Balaban J connectivity index is 2.81. The number of carbonyl (C=O) groups excluding carboxylic acids is 2. The summed E-state index contributed by atoms with van der Waals surface area (Å²) in [6.45, 7) is 2.30. The number of methoxy groups -OCH3 is 2. The van der Waals surface area contributed by atoms with E-state index >= 15 is 0 Å². The van der Waals surface area contributed by atoms with Crippen LogP contribution < -0.4 is 0 Å². The van der Waals surface area contributed by atoms with Crippen molar-refractivity contribution in [2.45, 2.75) is 13.5 Å². The summed E-state index contributed by atoms with van der Waals surface area (Å²) in [5.74, 6) is -0.839. The zero-order chi connectivity index (χ0) is 15.1. The average molecular weight is 300 g/mol. The van der Waals surface area contributed by atoms with E-state index in [1.54, 1.807) is 4.90 Å². The number of hydrogen-bond acceptors (Lipinski definition) is 5. The number of carbonyl (C=O) groups is 2. The standard InChI is InChI=1S/C14H18ClNO4/c1-10-4-5-11(12(15)6-10)7-16(8-13(17)19-2)9-14(18)20-3/h4-6H,7-9H2,1-3H3. The normalized spacial score (nSPS) is 10.4. The summed E-state index contributed by atoms with van der Waals surface area (Å²) in [4.78, 5) is 24.4. The van der Waals surface area contributed by atoms with Gasteiger partial charge in [0.2, 0.25) is 0 Å². The van der Waals surface area contributed by atoms with Crippen molar-refractivity contribution in [3.8, 4) is 0 Å². The van der Waals surface area contributed by atoms with Crippen molar-refractivity contribution in [2.24, 2.45) is 0 Å². The van der Waals surface area contributed by atoms with Crippen LogP contribution in [0.15, 0.2) is 18.2 Å². The van der Waals surface area contributed by atoms with Crippen LogP contribution in [0.4, 0.5) is 0 Å². The average Bonchev–Trinajstić information content (AvgIpc) is 2.41. The van der Waals surface area contributed by atoms with Crippen LogP contribution in [0.2, 0.25) is 5.02 Å². The van der Waals surface area contributed by atoms with Crippen LogP contribution >= 0.6 is 11.6 Å². The summed E-state index contributed by atoms with van der Waals surface area (Å²) in [5, 5.41) is 0.602. The lowest BCUT2D eigenvalue weighted by Gasteiger charge is -2.20. The number of aryl methyl sites for hydroxylation is 1. The first-order valence-electron chi connectivity index (χ1n) is 6.07. The van der Waals surface area contributed by atoms with Gasteiger partial charge < -0.3 is 9.47 Å². The second kappa shape index (κ2) is 7.87. The van der Waals surface area contributed by atoms with Crippen LogP contribution in [0.1, 0.15) is 11.1 Å². The van der Waals surface area contributed by atoms with Crippen molar-refractivity contribution in [2.75, 3.05) is 27.3 Å². The first-order chi connectivity index (χ1) is 9.46. The highest BCUT2D eigenvalue weighted by molar-refractivity contribution is 6.31. The molecule has 0 N–H and O–H groups in total. The van der Waals surface area contributed by atoms with E-state index in [9.17, 15) is 9.59 Å². The molecule has 0 saturated carbocycles. The third-order valence-corrected chi connectivity index (χ3v) is 3.12. The Morgan fingerprint density at radius 1 is 1.15 bits per heavy atom. The van der Waals surface area contributed by atoms with Gasteiger partial charge in [-0.2, -0.15) is 0 Å². The molecule has 0 radical (unpaired) electrons. The van der Waals surface area contributed by atoms with E-state index in [-0.39, 0.29) is 13.1 Å². The lowest BCUT2D eigenvalue weighted by atomic mass is 10.1. The molecule has 0 saturated heterocycles. The predicted molar refractivity (Wildman–Crippen MR) is 75.5 cm³/mol. The summed E-state index contributed by atoms with van der Waals surface area (Å²) < 4.78 is 9.23. The fraction of sp³-hybridized carbons (Fsp3) is 0.429. The molecule has 0 unspecified atom stereocenters. The number of rotatable bonds is 6. The lowest BCUT2D eigenvalue weighted by molar-refractivity contribution is -0.145. The largest absolute Gasteiger partial charge is 0.468 e. The molecule has 0 bridgehead atoms. The minimum atomic E-state index is -0.419. The number of hydrogen-bond donors (Lipinski definition) is 0. The van der Waals surface area contributed by atoms with Gasteiger partial charge in [0.15, 0.2) is 0 Å². The Kier molecular flexibility index (Phi) is 6.48. The molecular weight excluding hydrogens is 282 g/mol. The SMILES string of the molecule is COC(=O)CN(CC(=O)OC)Cc1ccc(C)cc1Cl. The van der Waals surface area contributed by atoms with Gasteiger partial charge >= 0.3 is 11.9 Å². The maximum atomic E-state index is 11.4. The van der Waals surface area contributed by atoms with Gasteiger partial charge in [0.05, 0.1) is 27.3 Å². The van der Waals surface area contributed by atoms with Crippen molar-refractivity contribution >= 4 is 23.5 Å². The highest BCUT2D eigenvalue weighted by atomic mass is 35.5. The highest BCUT2D eigenvalue weighted by Crippen LogP contribution is 2.19. The molecule has 0 amide bonds. The van der Waals surface area contributed by atoms with Crippen LogP contribution in [0.25, 0.3) is 0 Å². The number of halogens is 1. The van der Waals surface area contributed by atoms with E-state index in [4.69, 9.17) is 11.6 Å². The second-order valence-corrected chi connectivity index (χ2v) is 4.80. The summed E-state index contributed by atoms with van der Waals surface area (Å²) in [6.07, 6.45) is 0. The number of esters is 2. The molecule has 20 heavy (non-hydrogen) atoms. The zero-order valence-electron chi connectivity index (χ0n) is 11.8. The minimum absolute atomic E-state index is 0.00416. The van der Waals surface area contributed by atoms with Crippen molar-refractivity contribution in [1.29, 1.82) is 0 Å². The van der Waals surface area contributed by atoms with Gasteiger partial charge in [-0.1, -0.05) is 23.7 Å². The molecule has 5 nitrogen and oxygen atoms in total. The first-order valence-corrected chi connectivity index (χ1v) is 6.45. The molecule has 0 aliphatic carbocycles. The number of nitrogens with zero attached hydrogens (tertiary/aromatic N) is 1. The van der Waals surface area contributed by atoms with E-state index in [0.717, 1.165) is 11.1 Å². The molecule has 0 aromatic heterocycles. The Labute approximate surface area is 123 Å². The second-order valence-electron chi connectivity index (χ2n) is 4.39. The summed E-state index contributed by atoms with van der Waals surface area (Å²) in [6, 6.07) is 5.64. The van der Waals surface area contributed by atoms with Gasteiger partial charge in [-0.25, -0.2) is 0 Å². The molecule has 6 heteroatoms. The van der Waals surface area contributed by atoms with Gasteiger partial charge in [0.1, 0.15) is 0 Å². The Morgan fingerprint density at radius 3 is 2.15 bits per heavy atom. The van der Waals surface area contributed by atoms with Gasteiger partial charge in [-0.15, -0.1) is 0 Å². The summed E-state index contributed by atoms with van der Waals surface area (Å²) in [5.41, 5.74) is 1.89. The molecule has 0 spiro atoms. The summed E-state index contributed by atoms with van der Waals surface area (Å²) in [7, 11) is 2.61. The predicted octanol–water partition coefficient (Wildman–Crippen LogP) is 1.80. The lowest BCUT2D eigenvalue weighted by Crippen LogP contribution is -2.35. The van der Waals surface area contributed by atoms with E-state index in [1.165, 1.54) is 14.2 Å². The van der Waals surface area contributed by atoms with Crippen molar-refractivity contribution in [3.63, 3.8) is 0 Å². The van der Waals surface area contributed by atoms with Crippen molar-refractivity contribution < 1.29 is 19.1 Å². The Hall–Kier alpha value is -1.59. The topological polar surface area (TPSA) is 55.8 Å². The molecule has 0 fully saturated rings. The van der Waals surface area contributed by atoms with Gasteiger partial charge in [-0.05, 0) is 24.1 Å². The fourth-order valence-corrected chi connectivity index (χ4v) is 1.98. The number of ether oxygens (including phenoxy) is 2. The minimum Gasteiger partial charge on any atom is -0.468 e. The molecule has 0 atom stereocenters. The van der Waals surface area contributed by atoms with Crippen LogP contribution in [0, 0.1) is 6.92 Å². The Morgan fingerprint density at radius 2 is 1.70 bits per heavy atom. The fourth-order valence-electron chi connectivity index (χ4n) is 1.68. The first kappa shape index (κ1) is 16.5. The van der Waals surface area contributed by atoms with E-state index in [2.05, 4.69) is 9.47 Å². The molecule has 1 aromatic rings. The van der Waals surface area contributed by atoms with E-state index < -0.39 is 11.9 Å². The van der Waals surface area contributed by atoms with Crippen molar-refractivity contribution in [1.82, 2.24) is 4.90 Å². The summed E-state index contributed by atoms with van der Waals surface area (Å²) >= 11 is 6.16.